The summed E-state index contributed by atoms with van der Waals surface area (Å²) in [4.78, 5) is 30.4. The van der Waals surface area contributed by atoms with Crippen LogP contribution in [-0.4, -0.2) is 34.1 Å². The molecule has 2 aromatic rings. The third kappa shape index (κ3) is 4.00. The number of ether oxygens (including phenoxy) is 1. The van der Waals surface area contributed by atoms with E-state index in [4.69, 9.17) is 9.84 Å². The molecule has 2 N–H and O–H groups in total. The van der Waals surface area contributed by atoms with E-state index in [0.717, 1.165) is 0 Å². The van der Waals surface area contributed by atoms with Gasteiger partial charge in [-0.1, -0.05) is 0 Å². The first kappa shape index (κ1) is 14.4. The molecule has 0 saturated heterocycles. The number of nitrogens with zero attached hydrogens (tertiary/aromatic N) is 2. The number of hydrogen-bond donors (Lipinski definition) is 2. The van der Waals surface area contributed by atoms with Crippen molar-refractivity contribution in [3.05, 3.63) is 47.9 Å². The summed E-state index contributed by atoms with van der Waals surface area (Å²) in [5, 5.41) is 11.3. The molecule has 2 aromatic heterocycles. The average molecular weight is 287 g/mol. The highest BCUT2D eigenvalue weighted by Crippen LogP contribution is 2.11. The summed E-state index contributed by atoms with van der Waals surface area (Å²) in [6, 6.07) is 6.33. The SMILES string of the molecule is COc1ccc(C(=O)Nc2ccc(CC(=O)O)nc2)cn1. The minimum Gasteiger partial charge on any atom is -0.481 e. The summed E-state index contributed by atoms with van der Waals surface area (Å²) in [5.74, 6) is -0.868. The minimum absolute atomic E-state index is 0.156. The number of hydrogen-bond acceptors (Lipinski definition) is 5. The van der Waals surface area contributed by atoms with Gasteiger partial charge in [0.05, 0.1) is 36.7 Å². The minimum atomic E-state index is -0.955. The van der Waals surface area contributed by atoms with Crippen LogP contribution in [0, 0.1) is 0 Å². The van der Waals surface area contributed by atoms with E-state index in [-0.39, 0.29) is 12.3 Å². The van der Waals surface area contributed by atoms with Crippen LogP contribution in [-0.2, 0) is 11.2 Å². The lowest BCUT2D eigenvalue weighted by Crippen LogP contribution is -2.12. The second-order valence-corrected chi connectivity index (χ2v) is 4.15. The third-order valence-corrected chi connectivity index (χ3v) is 2.62. The summed E-state index contributed by atoms with van der Waals surface area (Å²) < 4.78 is 4.91. The van der Waals surface area contributed by atoms with Gasteiger partial charge >= 0.3 is 5.97 Å². The Morgan fingerprint density at radius 1 is 1.19 bits per heavy atom. The van der Waals surface area contributed by atoms with E-state index in [1.54, 1.807) is 24.3 Å². The zero-order chi connectivity index (χ0) is 15.2. The van der Waals surface area contributed by atoms with Crippen LogP contribution in [0.1, 0.15) is 16.1 Å². The fourth-order valence-corrected chi connectivity index (χ4v) is 1.60. The molecular formula is C14H13N3O4. The lowest BCUT2D eigenvalue weighted by atomic mass is 10.2. The average Bonchev–Trinajstić information content (AvgIpc) is 2.49. The van der Waals surface area contributed by atoms with E-state index < -0.39 is 5.97 Å². The lowest BCUT2D eigenvalue weighted by Gasteiger charge is -2.06. The Labute approximate surface area is 120 Å². The van der Waals surface area contributed by atoms with Crippen LogP contribution in [0.4, 0.5) is 5.69 Å². The molecule has 0 fully saturated rings. The Bertz CT molecular complexity index is 638. The second-order valence-electron chi connectivity index (χ2n) is 4.15. The molecular weight excluding hydrogens is 274 g/mol. The Balaban J connectivity index is 2.03. The number of aliphatic carboxylic acids is 1. The van der Waals surface area contributed by atoms with E-state index in [2.05, 4.69) is 15.3 Å². The van der Waals surface area contributed by atoms with Crippen molar-refractivity contribution in [1.29, 1.82) is 0 Å². The summed E-state index contributed by atoms with van der Waals surface area (Å²) in [6.07, 6.45) is 2.66. The number of nitrogens with one attached hydrogen (secondary N) is 1. The van der Waals surface area contributed by atoms with E-state index in [9.17, 15) is 9.59 Å². The van der Waals surface area contributed by atoms with Crippen LogP contribution < -0.4 is 10.1 Å². The van der Waals surface area contributed by atoms with Crippen molar-refractivity contribution in [3.8, 4) is 5.88 Å². The van der Waals surface area contributed by atoms with Gasteiger partial charge in [-0.2, -0.15) is 0 Å². The lowest BCUT2D eigenvalue weighted by molar-refractivity contribution is -0.136. The first-order valence-corrected chi connectivity index (χ1v) is 6.06. The molecule has 0 atom stereocenters. The molecule has 0 aliphatic rings. The predicted octanol–water partition coefficient (Wildman–Crippen LogP) is 1.36. The summed E-state index contributed by atoms with van der Waals surface area (Å²) in [6.45, 7) is 0. The van der Waals surface area contributed by atoms with Gasteiger partial charge in [-0.05, 0) is 18.2 Å². The molecule has 108 valence electrons. The number of amides is 1. The highest BCUT2D eigenvalue weighted by atomic mass is 16.5. The molecule has 21 heavy (non-hydrogen) atoms. The molecule has 0 spiro atoms. The van der Waals surface area contributed by atoms with Gasteiger partial charge in [-0.15, -0.1) is 0 Å². The number of carboxylic acid groups (broad SMARTS) is 1. The zero-order valence-corrected chi connectivity index (χ0v) is 11.2. The molecule has 7 heteroatoms. The number of carbonyl (C=O) groups is 2. The maximum Gasteiger partial charge on any atom is 0.309 e. The third-order valence-electron chi connectivity index (χ3n) is 2.62. The van der Waals surface area contributed by atoms with Crippen LogP contribution in [0.5, 0.6) is 5.88 Å². The second kappa shape index (κ2) is 6.47. The molecule has 1 amide bonds. The molecule has 2 rings (SSSR count). The van der Waals surface area contributed by atoms with Crippen molar-refractivity contribution in [1.82, 2.24) is 9.97 Å². The largest absolute Gasteiger partial charge is 0.481 e. The summed E-state index contributed by atoms with van der Waals surface area (Å²) in [5.41, 5.74) is 1.28. The molecule has 7 nitrogen and oxygen atoms in total. The van der Waals surface area contributed by atoms with Gasteiger partial charge in [0.15, 0.2) is 0 Å². The highest BCUT2D eigenvalue weighted by molar-refractivity contribution is 6.03. The van der Waals surface area contributed by atoms with E-state index in [1.165, 1.54) is 19.5 Å². The topological polar surface area (TPSA) is 101 Å². The number of pyridine rings is 2. The summed E-state index contributed by atoms with van der Waals surface area (Å²) in [7, 11) is 1.49. The Morgan fingerprint density at radius 3 is 2.52 bits per heavy atom. The molecule has 0 aromatic carbocycles. The predicted molar refractivity (Wildman–Crippen MR) is 74.3 cm³/mol. The quantitative estimate of drug-likeness (QED) is 0.861. The zero-order valence-electron chi connectivity index (χ0n) is 11.2. The number of rotatable bonds is 5. The van der Waals surface area contributed by atoms with Gasteiger partial charge in [0.1, 0.15) is 0 Å². The summed E-state index contributed by atoms with van der Waals surface area (Å²) >= 11 is 0. The molecule has 0 saturated carbocycles. The van der Waals surface area contributed by atoms with Gasteiger partial charge in [0, 0.05) is 12.3 Å². The van der Waals surface area contributed by atoms with Crippen molar-refractivity contribution in [2.75, 3.05) is 12.4 Å². The number of methoxy groups -OCH3 is 1. The maximum absolute atomic E-state index is 12.0. The van der Waals surface area contributed by atoms with E-state index >= 15 is 0 Å². The monoisotopic (exact) mass is 287 g/mol. The van der Waals surface area contributed by atoms with Gasteiger partial charge < -0.3 is 15.2 Å². The maximum atomic E-state index is 12.0. The molecule has 0 bridgehead atoms. The van der Waals surface area contributed by atoms with Crippen molar-refractivity contribution >= 4 is 17.6 Å². The fraction of sp³-hybridized carbons (Fsp3) is 0.143. The Hall–Kier alpha value is -2.96. The van der Waals surface area contributed by atoms with E-state index in [0.29, 0.717) is 22.8 Å². The first-order chi connectivity index (χ1) is 10.1. The van der Waals surface area contributed by atoms with Gasteiger partial charge in [0.25, 0.3) is 5.91 Å². The van der Waals surface area contributed by atoms with Crippen LogP contribution in [0.2, 0.25) is 0 Å². The Morgan fingerprint density at radius 2 is 2.00 bits per heavy atom. The van der Waals surface area contributed by atoms with Crippen molar-refractivity contribution in [2.24, 2.45) is 0 Å². The van der Waals surface area contributed by atoms with Crippen LogP contribution in [0.25, 0.3) is 0 Å². The van der Waals surface area contributed by atoms with Crippen molar-refractivity contribution in [3.63, 3.8) is 0 Å². The molecule has 0 unspecified atom stereocenters. The fourth-order valence-electron chi connectivity index (χ4n) is 1.60. The molecule has 0 aliphatic heterocycles. The molecule has 2 heterocycles. The normalized spacial score (nSPS) is 9.95. The van der Waals surface area contributed by atoms with Crippen LogP contribution >= 0.6 is 0 Å². The Kier molecular flexibility index (Phi) is 4.45. The molecule has 0 aliphatic carbocycles. The smallest absolute Gasteiger partial charge is 0.309 e. The van der Waals surface area contributed by atoms with E-state index in [1.807, 2.05) is 0 Å². The van der Waals surface area contributed by atoms with Crippen LogP contribution in [0.15, 0.2) is 36.7 Å². The standard InChI is InChI=1S/C14H13N3O4/c1-21-12-5-2-9(7-16-12)14(20)17-11-4-3-10(15-8-11)6-13(18)19/h2-5,7-8H,6H2,1H3,(H,17,20)(H,18,19). The number of carboxylic acids is 1. The van der Waals surface area contributed by atoms with Gasteiger partial charge in [-0.3, -0.25) is 14.6 Å². The first-order valence-electron chi connectivity index (χ1n) is 6.06. The van der Waals surface area contributed by atoms with Gasteiger partial charge in [0.2, 0.25) is 5.88 Å². The highest BCUT2D eigenvalue weighted by Gasteiger charge is 2.08. The van der Waals surface area contributed by atoms with Crippen molar-refractivity contribution < 1.29 is 19.4 Å². The number of aromatic nitrogens is 2. The molecule has 0 radical (unpaired) electrons. The number of anilines is 1. The number of carbonyl (C=O) groups excluding carboxylic acids is 1. The van der Waals surface area contributed by atoms with Crippen LogP contribution in [0.3, 0.4) is 0 Å². The van der Waals surface area contributed by atoms with Crippen molar-refractivity contribution in [2.45, 2.75) is 6.42 Å². The van der Waals surface area contributed by atoms with Gasteiger partial charge in [-0.25, -0.2) is 4.98 Å².